The lowest BCUT2D eigenvalue weighted by Crippen LogP contribution is -2.55. The lowest BCUT2D eigenvalue weighted by Gasteiger charge is -2.61. The zero-order valence-corrected chi connectivity index (χ0v) is 10.7. The molecule has 2 aromatic carbocycles. The van der Waals surface area contributed by atoms with Crippen LogP contribution in [0.25, 0.3) is 0 Å². The van der Waals surface area contributed by atoms with Gasteiger partial charge in [-0.1, -0.05) is 48.5 Å². The molecule has 19 heavy (non-hydrogen) atoms. The van der Waals surface area contributed by atoms with Crippen molar-refractivity contribution in [2.75, 3.05) is 0 Å². The summed E-state index contributed by atoms with van der Waals surface area (Å²) in [4.78, 5) is 0. The predicted molar refractivity (Wildman–Crippen MR) is 74.2 cm³/mol. The van der Waals surface area contributed by atoms with Crippen molar-refractivity contribution in [3.05, 3.63) is 70.8 Å². The van der Waals surface area contributed by atoms with E-state index in [4.69, 9.17) is 0 Å². The Morgan fingerprint density at radius 3 is 2.37 bits per heavy atom. The van der Waals surface area contributed by atoms with Crippen LogP contribution in [0.3, 0.4) is 0 Å². The van der Waals surface area contributed by atoms with Gasteiger partial charge >= 0.3 is 0 Å². The van der Waals surface area contributed by atoms with Gasteiger partial charge in [-0.2, -0.15) is 0 Å². The van der Waals surface area contributed by atoms with Crippen molar-refractivity contribution in [2.45, 2.75) is 36.2 Å². The largest absolute Gasteiger partial charge is 0.384 e. The second-order valence-corrected chi connectivity index (χ2v) is 6.26. The fourth-order valence-corrected chi connectivity index (χ4v) is 4.92. The van der Waals surface area contributed by atoms with Crippen molar-refractivity contribution in [1.29, 1.82) is 0 Å². The van der Waals surface area contributed by atoms with Crippen molar-refractivity contribution in [3.63, 3.8) is 0 Å². The number of aliphatic hydroxyl groups is 1. The molecule has 0 aromatic heterocycles. The molecular formula is C18H16O. The van der Waals surface area contributed by atoms with Gasteiger partial charge in [0.2, 0.25) is 0 Å². The smallest absolute Gasteiger partial charge is 0.104 e. The highest BCUT2D eigenvalue weighted by Crippen LogP contribution is 2.70. The number of fused-ring (bicyclic) bond motifs is 9. The Hall–Kier alpha value is -1.60. The summed E-state index contributed by atoms with van der Waals surface area (Å²) in [6.07, 6.45) is 2.35. The molecule has 5 rings (SSSR count). The average Bonchev–Trinajstić information content (AvgIpc) is 2.43. The van der Waals surface area contributed by atoms with Crippen molar-refractivity contribution >= 4 is 0 Å². The third-order valence-electron chi connectivity index (χ3n) is 5.67. The van der Waals surface area contributed by atoms with Gasteiger partial charge in [-0.25, -0.2) is 0 Å². The summed E-state index contributed by atoms with van der Waals surface area (Å²) in [6, 6.07) is 17.1. The zero-order valence-electron chi connectivity index (χ0n) is 10.7. The number of hydrogen-bond acceptors (Lipinski definition) is 1. The molecule has 2 aromatic rings. The van der Waals surface area contributed by atoms with Crippen LogP contribution in [0.15, 0.2) is 48.5 Å². The quantitative estimate of drug-likeness (QED) is 0.754. The van der Waals surface area contributed by atoms with Crippen LogP contribution in [-0.2, 0) is 5.60 Å². The van der Waals surface area contributed by atoms with Crippen molar-refractivity contribution in [1.82, 2.24) is 0 Å². The van der Waals surface area contributed by atoms with Gasteiger partial charge < -0.3 is 5.11 Å². The van der Waals surface area contributed by atoms with E-state index in [2.05, 4.69) is 48.5 Å². The Kier molecular flexibility index (Phi) is 1.67. The first-order valence-electron chi connectivity index (χ1n) is 7.22. The second kappa shape index (κ2) is 3.10. The molecule has 0 radical (unpaired) electrons. The van der Waals surface area contributed by atoms with E-state index in [1.165, 1.54) is 28.7 Å². The van der Waals surface area contributed by atoms with Gasteiger partial charge in [0.15, 0.2) is 0 Å². The summed E-state index contributed by atoms with van der Waals surface area (Å²) in [5.74, 6) is 1.27. The van der Waals surface area contributed by atoms with Crippen LogP contribution in [0, 0.1) is 0 Å². The Balaban J connectivity index is 1.72. The highest BCUT2D eigenvalue weighted by molar-refractivity contribution is 5.58. The SMILES string of the molecule is OC12c3ccccc3C1CCC1c3ccccc3C12. The molecule has 0 saturated heterocycles. The monoisotopic (exact) mass is 248 g/mol. The Bertz CT molecular complexity index is 690. The number of benzene rings is 2. The van der Waals surface area contributed by atoms with Crippen molar-refractivity contribution in [3.8, 4) is 0 Å². The van der Waals surface area contributed by atoms with Crippen LogP contribution in [0.2, 0.25) is 0 Å². The van der Waals surface area contributed by atoms with Gasteiger partial charge in [-0.15, -0.1) is 0 Å². The van der Waals surface area contributed by atoms with E-state index in [-0.39, 0.29) is 0 Å². The maximum atomic E-state index is 11.3. The van der Waals surface area contributed by atoms with Crippen LogP contribution in [0.4, 0.5) is 0 Å². The van der Waals surface area contributed by atoms with Gasteiger partial charge in [0.25, 0.3) is 0 Å². The predicted octanol–water partition coefficient (Wildman–Crippen LogP) is 3.65. The van der Waals surface area contributed by atoms with Crippen LogP contribution in [0.1, 0.15) is 52.8 Å². The zero-order chi connectivity index (χ0) is 12.6. The Labute approximate surface area is 112 Å². The molecule has 0 bridgehead atoms. The molecule has 1 N–H and O–H groups in total. The summed E-state index contributed by atoms with van der Waals surface area (Å²) in [5.41, 5.74) is 4.84. The number of hydrogen-bond donors (Lipinski definition) is 1. The van der Waals surface area contributed by atoms with Crippen LogP contribution in [0.5, 0.6) is 0 Å². The Morgan fingerprint density at radius 1 is 0.842 bits per heavy atom. The molecule has 3 aliphatic rings. The van der Waals surface area contributed by atoms with E-state index >= 15 is 0 Å². The first-order chi connectivity index (χ1) is 9.32. The third kappa shape index (κ3) is 0.964. The van der Waals surface area contributed by atoms with E-state index in [1.807, 2.05) is 0 Å². The maximum absolute atomic E-state index is 11.3. The summed E-state index contributed by atoms with van der Waals surface area (Å²) in [7, 11) is 0. The topological polar surface area (TPSA) is 20.2 Å². The Morgan fingerprint density at radius 2 is 1.53 bits per heavy atom. The van der Waals surface area contributed by atoms with E-state index < -0.39 is 5.60 Å². The van der Waals surface area contributed by atoms with Crippen LogP contribution < -0.4 is 0 Å². The standard InChI is InChI=1S/C18H16O/c19-18-15-8-4-3-7-14(15)16(18)10-9-13-11-5-1-2-6-12(11)17(13)18/h1-8,13,16-17,19H,9-10H2. The summed E-state index contributed by atoms with van der Waals surface area (Å²) < 4.78 is 0. The molecule has 1 nitrogen and oxygen atoms in total. The molecule has 1 fully saturated rings. The van der Waals surface area contributed by atoms with Gasteiger partial charge in [-0.05, 0) is 41.0 Å². The molecule has 94 valence electrons. The van der Waals surface area contributed by atoms with Gasteiger partial charge in [0.05, 0.1) is 0 Å². The van der Waals surface area contributed by atoms with E-state index in [9.17, 15) is 5.11 Å². The minimum Gasteiger partial charge on any atom is -0.384 e. The van der Waals surface area contributed by atoms with Crippen LogP contribution >= 0.6 is 0 Å². The molecule has 0 amide bonds. The van der Waals surface area contributed by atoms with E-state index in [0.717, 1.165) is 6.42 Å². The minimum atomic E-state index is -0.589. The summed E-state index contributed by atoms with van der Waals surface area (Å²) >= 11 is 0. The molecule has 0 spiro atoms. The highest BCUT2D eigenvalue weighted by atomic mass is 16.3. The fraction of sp³-hybridized carbons (Fsp3) is 0.333. The fourth-order valence-electron chi connectivity index (χ4n) is 4.92. The van der Waals surface area contributed by atoms with Gasteiger partial charge in [-0.3, -0.25) is 0 Å². The molecule has 1 heteroatoms. The molecule has 0 heterocycles. The van der Waals surface area contributed by atoms with Crippen LogP contribution in [-0.4, -0.2) is 5.11 Å². The molecule has 4 atom stereocenters. The normalized spacial score (nSPS) is 37.0. The molecule has 0 aliphatic heterocycles. The van der Waals surface area contributed by atoms with E-state index in [0.29, 0.717) is 17.8 Å². The summed E-state index contributed by atoms with van der Waals surface area (Å²) in [5, 5.41) is 11.3. The molecule has 3 aliphatic carbocycles. The first kappa shape index (κ1) is 10.2. The lowest BCUT2D eigenvalue weighted by molar-refractivity contribution is -0.0864. The highest BCUT2D eigenvalue weighted by Gasteiger charge is 2.63. The average molecular weight is 248 g/mol. The number of rotatable bonds is 0. The van der Waals surface area contributed by atoms with Gasteiger partial charge in [0.1, 0.15) is 5.60 Å². The van der Waals surface area contributed by atoms with Gasteiger partial charge in [0, 0.05) is 11.8 Å². The first-order valence-corrected chi connectivity index (χ1v) is 7.22. The second-order valence-electron chi connectivity index (χ2n) is 6.26. The molecule has 4 unspecified atom stereocenters. The summed E-state index contributed by atoms with van der Waals surface area (Å²) in [6.45, 7) is 0. The lowest BCUT2D eigenvalue weighted by atomic mass is 9.44. The molecule has 1 saturated carbocycles. The third-order valence-corrected chi connectivity index (χ3v) is 5.67. The van der Waals surface area contributed by atoms with E-state index in [1.54, 1.807) is 0 Å². The van der Waals surface area contributed by atoms with Crippen molar-refractivity contribution < 1.29 is 5.11 Å². The maximum Gasteiger partial charge on any atom is 0.104 e. The van der Waals surface area contributed by atoms with Crippen molar-refractivity contribution in [2.24, 2.45) is 0 Å². The molecular weight excluding hydrogens is 232 g/mol. The minimum absolute atomic E-state index is 0.331.